The van der Waals surface area contributed by atoms with Gasteiger partial charge in [-0.3, -0.25) is 14.1 Å². The van der Waals surface area contributed by atoms with E-state index in [1.807, 2.05) is 6.07 Å². The van der Waals surface area contributed by atoms with Crippen LogP contribution in [0.2, 0.25) is 0 Å². The summed E-state index contributed by atoms with van der Waals surface area (Å²) in [6.07, 6.45) is -0.409. The van der Waals surface area contributed by atoms with Crippen LogP contribution in [-0.2, 0) is 33.8 Å². The molecule has 0 saturated carbocycles. The minimum atomic E-state index is -4.34. The second-order valence-corrected chi connectivity index (χ2v) is 10.5. The van der Waals surface area contributed by atoms with E-state index in [4.69, 9.17) is 24.3 Å². The van der Waals surface area contributed by atoms with E-state index in [0.717, 1.165) is 13.3 Å². The minimum Gasteiger partial charge on any atom is -0.465 e. The van der Waals surface area contributed by atoms with E-state index in [9.17, 15) is 24.5 Å². The van der Waals surface area contributed by atoms with Crippen LogP contribution < -0.4 is 15.3 Å². The zero-order valence-corrected chi connectivity index (χ0v) is 22.2. The van der Waals surface area contributed by atoms with Gasteiger partial charge in [0.05, 0.1) is 18.9 Å². The van der Waals surface area contributed by atoms with Crippen LogP contribution >= 0.6 is 7.75 Å². The number of nitrogen functional groups attached to an aromatic ring is 1. The van der Waals surface area contributed by atoms with Crippen LogP contribution in [0.5, 0.6) is 5.75 Å². The Morgan fingerprint density at radius 3 is 2.74 bits per heavy atom. The highest BCUT2D eigenvalue weighted by atomic mass is 31.2. The number of aromatic nitrogens is 3. The summed E-state index contributed by atoms with van der Waals surface area (Å²) < 4.78 is 36.8. The summed E-state index contributed by atoms with van der Waals surface area (Å²) in [7, 11) is -4.34. The molecule has 15 heteroatoms. The van der Waals surface area contributed by atoms with Crippen molar-refractivity contribution < 1.29 is 37.8 Å². The lowest BCUT2D eigenvalue weighted by Crippen LogP contribution is -2.50. The summed E-state index contributed by atoms with van der Waals surface area (Å²) in [5.74, 6) is -1.36. The second kappa shape index (κ2) is 10.7. The van der Waals surface area contributed by atoms with Gasteiger partial charge in [0.1, 0.15) is 35.8 Å². The molecule has 3 aromatic rings. The molecule has 1 fully saturated rings. The number of nitriles is 1. The number of Topliss-reactive ketones (excluding diaryl/α,β-unsaturated/α-hetero) is 1. The van der Waals surface area contributed by atoms with Crippen molar-refractivity contribution in [2.75, 3.05) is 18.9 Å². The van der Waals surface area contributed by atoms with E-state index in [1.165, 1.54) is 35.7 Å². The van der Waals surface area contributed by atoms with Crippen LogP contribution in [0.4, 0.5) is 5.82 Å². The van der Waals surface area contributed by atoms with Gasteiger partial charge in [-0.15, -0.1) is 0 Å². The molecular formula is C24H27N6O8P. The van der Waals surface area contributed by atoms with Gasteiger partial charge in [-0.25, -0.2) is 14.1 Å². The van der Waals surface area contributed by atoms with Crippen molar-refractivity contribution in [1.82, 2.24) is 19.7 Å². The maximum absolute atomic E-state index is 13.7. The van der Waals surface area contributed by atoms with Gasteiger partial charge in [0.2, 0.25) is 5.60 Å². The Labute approximate surface area is 223 Å². The number of ketones is 1. The fourth-order valence-corrected chi connectivity index (χ4v) is 5.62. The summed E-state index contributed by atoms with van der Waals surface area (Å²) in [5.41, 5.74) is 1.62. The van der Waals surface area contributed by atoms with Crippen molar-refractivity contribution in [3.05, 3.63) is 54.5 Å². The first-order valence-electron chi connectivity index (χ1n) is 11.9. The molecule has 0 radical (unpaired) electrons. The first-order valence-corrected chi connectivity index (χ1v) is 13.4. The predicted octanol–water partition coefficient (Wildman–Crippen LogP) is 1.49. The lowest BCUT2D eigenvalue weighted by atomic mass is 9.81. The van der Waals surface area contributed by atoms with E-state index < -0.39 is 49.5 Å². The van der Waals surface area contributed by atoms with Crippen LogP contribution in [0.3, 0.4) is 0 Å². The smallest absolute Gasteiger partial charge is 0.459 e. The highest BCUT2D eigenvalue weighted by Gasteiger charge is 2.66. The Kier molecular flexibility index (Phi) is 7.74. The van der Waals surface area contributed by atoms with Gasteiger partial charge < -0.3 is 24.8 Å². The molecule has 3 heterocycles. The molecule has 1 aromatic carbocycles. The fraction of sp³-hybridized carbons (Fsp3) is 0.375. The van der Waals surface area contributed by atoms with Crippen LogP contribution in [-0.4, -0.2) is 62.4 Å². The summed E-state index contributed by atoms with van der Waals surface area (Å²) in [6.45, 7) is 3.54. The maximum Gasteiger partial charge on any atom is 0.459 e. The number of hydrogen-bond donors (Lipinski definition) is 3. The van der Waals surface area contributed by atoms with Gasteiger partial charge in [-0.1, -0.05) is 18.2 Å². The molecule has 206 valence electrons. The Morgan fingerprint density at radius 2 is 2.08 bits per heavy atom. The largest absolute Gasteiger partial charge is 0.465 e. The molecule has 2 aromatic heterocycles. The van der Waals surface area contributed by atoms with E-state index in [-0.39, 0.29) is 23.9 Å². The number of fused-ring (bicyclic) bond motifs is 1. The van der Waals surface area contributed by atoms with Crippen molar-refractivity contribution in [1.29, 1.82) is 5.26 Å². The molecule has 5 unspecified atom stereocenters. The number of carbonyl (C=O) groups is 2. The van der Waals surface area contributed by atoms with Crippen molar-refractivity contribution in [3.8, 4) is 11.8 Å². The maximum atomic E-state index is 13.7. The number of hydrogen-bond acceptors (Lipinski definition) is 12. The number of ether oxygens (including phenoxy) is 2. The summed E-state index contributed by atoms with van der Waals surface area (Å²) in [5, 5.41) is 28.0. The highest BCUT2D eigenvalue weighted by molar-refractivity contribution is 7.52. The second-order valence-electron chi connectivity index (χ2n) is 8.80. The minimum absolute atomic E-state index is 0.0210. The molecule has 1 aliphatic heterocycles. The van der Waals surface area contributed by atoms with Gasteiger partial charge in [-0.2, -0.15) is 15.4 Å². The number of nitrogens with two attached hydrogens (primary N) is 1. The molecule has 0 amide bonds. The number of anilines is 1. The number of esters is 1. The van der Waals surface area contributed by atoms with Gasteiger partial charge in [0.25, 0.3) is 0 Å². The third-order valence-corrected chi connectivity index (χ3v) is 7.78. The van der Waals surface area contributed by atoms with Crippen LogP contribution in [0.1, 0.15) is 26.5 Å². The summed E-state index contributed by atoms with van der Waals surface area (Å²) in [6, 6.07) is 11.7. The van der Waals surface area contributed by atoms with Gasteiger partial charge in [0, 0.05) is 0 Å². The molecule has 39 heavy (non-hydrogen) atoms. The lowest BCUT2D eigenvalue weighted by molar-refractivity contribution is -0.144. The van der Waals surface area contributed by atoms with E-state index >= 15 is 0 Å². The van der Waals surface area contributed by atoms with Gasteiger partial charge >= 0.3 is 13.7 Å². The number of benzene rings is 1. The number of nitrogens with one attached hydrogen (secondary N) is 1. The zero-order chi connectivity index (χ0) is 28.4. The summed E-state index contributed by atoms with van der Waals surface area (Å²) >= 11 is 0. The van der Waals surface area contributed by atoms with E-state index in [0.29, 0.717) is 5.52 Å². The first-order chi connectivity index (χ1) is 18.5. The van der Waals surface area contributed by atoms with Gasteiger partial charge in [0.15, 0.2) is 17.2 Å². The lowest BCUT2D eigenvalue weighted by Gasteiger charge is -2.30. The number of para-hydroxylation sites is 1. The fourth-order valence-electron chi connectivity index (χ4n) is 4.13. The standard InChI is InChI=1S/C24H27N6O8P/c1-4-35-22(32)15(2)29-39(34,38-16-8-6-5-7-9-16)36-12-18-20(31)23(3,33)24(13-25,37-18)19-11-10-17-21(26)27-14-28-30(17)19/h5-11,14-15,18,33H,4,12H2,1-3H3,(H,29,34)(H2,26,27,28). The summed E-state index contributed by atoms with van der Waals surface area (Å²) in [4.78, 5) is 29.4. The third kappa shape index (κ3) is 5.10. The van der Waals surface area contributed by atoms with Crippen molar-refractivity contribution >= 4 is 30.8 Å². The number of rotatable bonds is 10. The Hall–Kier alpha value is -3.86. The predicted molar refractivity (Wildman–Crippen MR) is 135 cm³/mol. The molecule has 5 atom stereocenters. The Morgan fingerprint density at radius 1 is 1.36 bits per heavy atom. The Bertz CT molecular complexity index is 1470. The first kappa shape index (κ1) is 28.2. The third-order valence-electron chi connectivity index (χ3n) is 6.13. The van der Waals surface area contributed by atoms with E-state index in [1.54, 1.807) is 25.1 Å². The molecule has 4 rings (SSSR count). The van der Waals surface area contributed by atoms with Gasteiger partial charge in [-0.05, 0) is 45.0 Å². The molecule has 14 nitrogen and oxygen atoms in total. The monoisotopic (exact) mass is 558 g/mol. The highest BCUT2D eigenvalue weighted by Crippen LogP contribution is 2.49. The SMILES string of the molecule is CCOC(=O)C(C)NP(=O)(OCC1OC(C#N)(c2ccc3c(N)ncnn23)C(C)(O)C1=O)Oc1ccccc1. The van der Waals surface area contributed by atoms with Crippen molar-refractivity contribution in [3.63, 3.8) is 0 Å². The molecule has 0 bridgehead atoms. The topological polar surface area (TPSA) is 200 Å². The molecule has 0 aliphatic carbocycles. The molecule has 0 spiro atoms. The van der Waals surface area contributed by atoms with Crippen LogP contribution in [0, 0.1) is 11.3 Å². The zero-order valence-electron chi connectivity index (χ0n) is 21.3. The Balaban J connectivity index is 1.63. The normalized spacial score (nSPS) is 25.1. The van der Waals surface area contributed by atoms with E-state index in [2.05, 4.69) is 15.2 Å². The number of aliphatic hydroxyl groups is 1. The quantitative estimate of drug-likeness (QED) is 0.239. The average Bonchev–Trinajstić information content (AvgIpc) is 3.42. The number of nitrogens with zero attached hydrogens (tertiary/aromatic N) is 4. The molecular weight excluding hydrogens is 531 g/mol. The molecule has 1 saturated heterocycles. The van der Waals surface area contributed by atoms with Crippen molar-refractivity contribution in [2.24, 2.45) is 0 Å². The average molecular weight is 558 g/mol. The van der Waals surface area contributed by atoms with Crippen LogP contribution in [0.25, 0.3) is 5.52 Å². The molecule has 4 N–H and O–H groups in total. The molecule has 1 aliphatic rings. The van der Waals surface area contributed by atoms with Crippen LogP contribution in [0.15, 0.2) is 48.8 Å². The van der Waals surface area contributed by atoms with Crippen molar-refractivity contribution in [2.45, 2.75) is 44.1 Å². The number of carbonyl (C=O) groups excluding carboxylic acids is 2.